The molecule has 29 heavy (non-hydrogen) atoms. The molecule has 0 saturated carbocycles. The first-order valence-corrected chi connectivity index (χ1v) is 9.07. The fourth-order valence-corrected chi connectivity index (χ4v) is 2.50. The number of hydrogen-bond donors (Lipinski definition) is 1. The molecule has 0 amide bonds. The van der Waals surface area contributed by atoms with Gasteiger partial charge in [-0.2, -0.15) is 18.2 Å². The summed E-state index contributed by atoms with van der Waals surface area (Å²) in [5.41, 5.74) is 0.234. The van der Waals surface area contributed by atoms with E-state index in [9.17, 15) is 13.2 Å². The molecule has 0 aliphatic rings. The SMILES string of the molecule is CCCOc1ccccc1Nc1nc(OCc2ccccc2)ncc1C(F)(F)F. The third kappa shape index (κ3) is 5.60. The Bertz CT molecular complexity index is 934. The second-order valence-corrected chi connectivity index (χ2v) is 6.16. The number of anilines is 2. The molecule has 0 unspecified atom stereocenters. The van der Waals surface area contributed by atoms with Crippen LogP contribution in [0.5, 0.6) is 11.8 Å². The Morgan fingerprint density at radius 1 is 0.966 bits per heavy atom. The van der Waals surface area contributed by atoms with Crippen molar-refractivity contribution in [3.05, 3.63) is 71.9 Å². The zero-order chi connectivity index (χ0) is 20.7. The lowest BCUT2D eigenvalue weighted by Gasteiger charge is -2.16. The molecule has 0 saturated heterocycles. The molecule has 0 aliphatic carbocycles. The number of halogens is 3. The van der Waals surface area contributed by atoms with Gasteiger partial charge in [0.2, 0.25) is 0 Å². The van der Waals surface area contributed by atoms with Crippen LogP contribution < -0.4 is 14.8 Å². The third-order valence-corrected chi connectivity index (χ3v) is 3.88. The van der Waals surface area contributed by atoms with Crippen molar-refractivity contribution in [2.24, 2.45) is 0 Å². The van der Waals surface area contributed by atoms with Gasteiger partial charge in [0.1, 0.15) is 23.7 Å². The van der Waals surface area contributed by atoms with Crippen molar-refractivity contribution in [1.29, 1.82) is 0 Å². The molecule has 1 N–H and O–H groups in total. The van der Waals surface area contributed by atoms with E-state index in [1.54, 1.807) is 24.3 Å². The summed E-state index contributed by atoms with van der Waals surface area (Å²) < 4.78 is 51.4. The second-order valence-electron chi connectivity index (χ2n) is 6.16. The number of alkyl halides is 3. The fraction of sp³-hybridized carbons (Fsp3) is 0.238. The predicted molar refractivity (Wildman–Crippen MR) is 103 cm³/mol. The number of rotatable bonds is 8. The Morgan fingerprint density at radius 2 is 1.69 bits per heavy atom. The largest absolute Gasteiger partial charge is 0.491 e. The molecule has 3 aromatic rings. The summed E-state index contributed by atoms with van der Waals surface area (Å²) in [6.45, 7) is 2.53. The highest BCUT2D eigenvalue weighted by molar-refractivity contribution is 5.66. The van der Waals surface area contributed by atoms with Gasteiger partial charge in [-0.05, 0) is 24.1 Å². The lowest BCUT2D eigenvalue weighted by Crippen LogP contribution is -2.13. The van der Waals surface area contributed by atoms with Crippen LogP contribution in [0.25, 0.3) is 0 Å². The first-order valence-electron chi connectivity index (χ1n) is 9.07. The van der Waals surface area contributed by atoms with Crippen LogP contribution in [0, 0.1) is 0 Å². The van der Waals surface area contributed by atoms with Crippen molar-refractivity contribution in [3.63, 3.8) is 0 Å². The molecular weight excluding hydrogens is 383 g/mol. The van der Waals surface area contributed by atoms with Gasteiger partial charge in [0.25, 0.3) is 0 Å². The minimum atomic E-state index is -4.63. The first kappa shape index (κ1) is 20.4. The summed E-state index contributed by atoms with van der Waals surface area (Å²) in [6, 6.07) is 15.8. The molecule has 152 valence electrons. The number of ether oxygens (including phenoxy) is 2. The van der Waals surface area contributed by atoms with Crippen molar-refractivity contribution in [1.82, 2.24) is 9.97 Å². The molecule has 0 fully saturated rings. The van der Waals surface area contributed by atoms with E-state index in [0.717, 1.165) is 12.0 Å². The fourth-order valence-electron chi connectivity index (χ4n) is 2.50. The van der Waals surface area contributed by atoms with E-state index < -0.39 is 17.6 Å². The molecule has 0 bridgehead atoms. The lowest BCUT2D eigenvalue weighted by atomic mass is 10.2. The quantitative estimate of drug-likeness (QED) is 0.530. The highest BCUT2D eigenvalue weighted by Crippen LogP contribution is 2.37. The average Bonchev–Trinajstić information content (AvgIpc) is 2.72. The Hall–Kier alpha value is -3.29. The number of nitrogens with one attached hydrogen (secondary N) is 1. The van der Waals surface area contributed by atoms with Gasteiger partial charge in [-0.1, -0.05) is 49.4 Å². The Balaban J connectivity index is 1.87. The number of aromatic nitrogens is 2. The van der Waals surface area contributed by atoms with Gasteiger partial charge in [-0.25, -0.2) is 4.98 Å². The van der Waals surface area contributed by atoms with Gasteiger partial charge in [-0.15, -0.1) is 0 Å². The van der Waals surface area contributed by atoms with Crippen molar-refractivity contribution < 1.29 is 22.6 Å². The summed E-state index contributed by atoms with van der Waals surface area (Å²) in [7, 11) is 0. The van der Waals surface area contributed by atoms with Crippen LogP contribution in [0.4, 0.5) is 24.7 Å². The summed E-state index contributed by atoms with van der Waals surface area (Å²) in [6.07, 6.45) is -3.14. The van der Waals surface area contributed by atoms with Gasteiger partial charge in [0.15, 0.2) is 0 Å². The Labute approximate surface area is 166 Å². The Kier molecular flexibility index (Phi) is 6.54. The van der Waals surface area contributed by atoms with Crippen LogP contribution in [-0.2, 0) is 12.8 Å². The predicted octanol–water partition coefficient (Wildman–Crippen LogP) is 5.61. The van der Waals surface area contributed by atoms with E-state index in [1.165, 1.54) is 0 Å². The number of para-hydroxylation sites is 2. The van der Waals surface area contributed by atoms with E-state index >= 15 is 0 Å². The van der Waals surface area contributed by atoms with Crippen LogP contribution in [0.15, 0.2) is 60.8 Å². The van der Waals surface area contributed by atoms with Crippen molar-refractivity contribution in [3.8, 4) is 11.8 Å². The van der Waals surface area contributed by atoms with Gasteiger partial charge >= 0.3 is 12.2 Å². The molecule has 0 radical (unpaired) electrons. The molecule has 8 heteroatoms. The van der Waals surface area contributed by atoms with Crippen molar-refractivity contribution in [2.45, 2.75) is 26.1 Å². The molecule has 3 rings (SSSR count). The minimum absolute atomic E-state index is 0.141. The van der Waals surface area contributed by atoms with Crippen LogP contribution in [0.3, 0.4) is 0 Å². The van der Waals surface area contributed by atoms with E-state index in [-0.39, 0.29) is 12.6 Å². The topological polar surface area (TPSA) is 56.3 Å². The summed E-state index contributed by atoms with van der Waals surface area (Å²) in [5, 5.41) is 2.72. The van der Waals surface area contributed by atoms with Gasteiger partial charge in [0.05, 0.1) is 12.3 Å². The lowest BCUT2D eigenvalue weighted by molar-refractivity contribution is -0.137. The molecule has 1 heterocycles. The highest BCUT2D eigenvalue weighted by Gasteiger charge is 2.35. The van der Waals surface area contributed by atoms with E-state index in [0.29, 0.717) is 24.2 Å². The normalized spacial score (nSPS) is 11.2. The van der Waals surface area contributed by atoms with E-state index in [2.05, 4.69) is 15.3 Å². The number of benzene rings is 2. The van der Waals surface area contributed by atoms with Crippen molar-refractivity contribution >= 4 is 11.5 Å². The maximum absolute atomic E-state index is 13.4. The van der Waals surface area contributed by atoms with E-state index in [4.69, 9.17) is 9.47 Å². The van der Waals surface area contributed by atoms with Crippen LogP contribution in [0.2, 0.25) is 0 Å². The monoisotopic (exact) mass is 403 g/mol. The standard InChI is InChI=1S/C21H20F3N3O2/c1-2-12-28-18-11-7-6-10-17(18)26-19-16(21(22,23)24)13-25-20(27-19)29-14-15-8-4-3-5-9-15/h3-11,13H,2,12,14H2,1H3,(H,25,26,27). The molecule has 0 aliphatic heterocycles. The minimum Gasteiger partial charge on any atom is -0.491 e. The van der Waals surface area contributed by atoms with Crippen LogP contribution >= 0.6 is 0 Å². The summed E-state index contributed by atoms with van der Waals surface area (Å²) in [5.74, 6) is 0.0379. The van der Waals surface area contributed by atoms with E-state index in [1.807, 2.05) is 37.3 Å². The van der Waals surface area contributed by atoms with Crippen molar-refractivity contribution in [2.75, 3.05) is 11.9 Å². The second kappa shape index (κ2) is 9.27. The molecular formula is C21H20F3N3O2. The molecule has 0 spiro atoms. The first-order chi connectivity index (χ1) is 14.0. The van der Waals surface area contributed by atoms with Gasteiger partial charge in [-0.3, -0.25) is 0 Å². The maximum atomic E-state index is 13.4. The maximum Gasteiger partial charge on any atom is 0.421 e. The van der Waals surface area contributed by atoms with Crippen LogP contribution in [-0.4, -0.2) is 16.6 Å². The zero-order valence-electron chi connectivity index (χ0n) is 15.7. The number of nitrogens with zero attached hydrogens (tertiary/aromatic N) is 2. The summed E-state index contributed by atoms with van der Waals surface area (Å²) in [4.78, 5) is 7.66. The number of hydrogen-bond acceptors (Lipinski definition) is 5. The Morgan fingerprint density at radius 3 is 2.41 bits per heavy atom. The van der Waals surface area contributed by atoms with Gasteiger partial charge < -0.3 is 14.8 Å². The summed E-state index contributed by atoms with van der Waals surface area (Å²) >= 11 is 0. The zero-order valence-corrected chi connectivity index (χ0v) is 15.7. The highest BCUT2D eigenvalue weighted by atomic mass is 19.4. The molecule has 1 aromatic heterocycles. The smallest absolute Gasteiger partial charge is 0.421 e. The molecule has 2 aromatic carbocycles. The average molecular weight is 403 g/mol. The van der Waals surface area contributed by atoms with Gasteiger partial charge in [0, 0.05) is 6.20 Å². The molecule has 0 atom stereocenters. The molecule has 5 nitrogen and oxygen atoms in total. The third-order valence-electron chi connectivity index (χ3n) is 3.88. The van der Waals surface area contributed by atoms with Crippen LogP contribution in [0.1, 0.15) is 24.5 Å².